The van der Waals surface area contributed by atoms with E-state index in [0.717, 1.165) is 38.9 Å². The van der Waals surface area contributed by atoms with Crippen LogP contribution in [0.5, 0.6) is 0 Å². The molecule has 3 aromatic carbocycles. The van der Waals surface area contributed by atoms with Crippen LogP contribution in [0.25, 0.3) is 22.0 Å². The fourth-order valence-corrected chi connectivity index (χ4v) is 4.19. The number of nitriles is 2. The third kappa shape index (κ3) is 4.39. The van der Waals surface area contributed by atoms with Crippen LogP contribution < -0.4 is 0 Å². The maximum absolute atomic E-state index is 9.87. The second-order valence-corrected chi connectivity index (χ2v) is 8.23. The van der Waals surface area contributed by atoms with Crippen molar-refractivity contribution in [3.8, 4) is 23.3 Å². The molecule has 35 heavy (non-hydrogen) atoms. The number of para-hydroxylation sites is 1. The molecule has 2 heterocycles. The van der Waals surface area contributed by atoms with Crippen LogP contribution in [0.4, 0.5) is 0 Å². The van der Waals surface area contributed by atoms with Gasteiger partial charge in [0.15, 0.2) is 0 Å². The van der Waals surface area contributed by atoms with Gasteiger partial charge in [-0.15, -0.1) is 0 Å². The summed E-state index contributed by atoms with van der Waals surface area (Å²) in [7, 11) is 1.93. The molecule has 2 aromatic heterocycles. The molecule has 0 amide bonds. The van der Waals surface area contributed by atoms with Gasteiger partial charge in [0.05, 0.1) is 53.6 Å². The minimum atomic E-state index is -0.410. The van der Waals surface area contributed by atoms with E-state index in [1.165, 1.54) is 0 Å². The molecule has 0 N–H and O–H groups in total. The summed E-state index contributed by atoms with van der Waals surface area (Å²) in [4.78, 5) is 8.87. The molecule has 6 heteroatoms. The van der Waals surface area contributed by atoms with Crippen molar-refractivity contribution < 1.29 is 4.74 Å². The first kappa shape index (κ1) is 22.0. The van der Waals surface area contributed by atoms with Crippen LogP contribution in [0.3, 0.4) is 0 Å². The normalized spacial score (nSPS) is 11.6. The first-order valence-electron chi connectivity index (χ1n) is 11.1. The largest absolute Gasteiger partial charge is 0.363 e. The Morgan fingerprint density at radius 3 is 2.51 bits per heavy atom. The lowest BCUT2D eigenvalue weighted by Gasteiger charge is -2.20. The summed E-state index contributed by atoms with van der Waals surface area (Å²) in [6, 6.07) is 27.5. The molecule has 6 nitrogen and oxygen atoms in total. The maximum Gasteiger partial charge on any atom is 0.124 e. The second kappa shape index (κ2) is 9.61. The van der Waals surface area contributed by atoms with E-state index in [0.29, 0.717) is 17.7 Å². The van der Waals surface area contributed by atoms with Crippen LogP contribution in [-0.2, 0) is 18.4 Å². The summed E-state index contributed by atoms with van der Waals surface area (Å²) in [5.74, 6) is 0. The summed E-state index contributed by atoms with van der Waals surface area (Å²) < 4.78 is 8.35. The van der Waals surface area contributed by atoms with Crippen molar-refractivity contribution in [2.75, 3.05) is 0 Å². The first-order chi connectivity index (χ1) is 17.2. The summed E-state index contributed by atoms with van der Waals surface area (Å²) in [6.45, 7) is 0.354. The molecule has 0 aliphatic rings. The zero-order valence-electron chi connectivity index (χ0n) is 19.1. The molecule has 0 saturated heterocycles. The number of nitrogens with zero attached hydrogens (tertiary/aromatic N) is 5. The Morgan fingerprint density at radius 1 is 0.943 bits per heavy atom. The van der Waals surface area contributed by atoms with Crippen molar-refractivity contribution in [1.82, 2.24) is 14.5 Å². The van der Waals surface area contributed by atoms with Gasteiger partial charge in [0.1, 0.15) is 6.10 Å². The maximum atomic E-state index is 9.87. The minimum Gasteiger partial charge on any atom is -0.363 e. The fraction of sp³-hybridized carbons (Fsp3) is 0.103. The van der Waals surface area contributed by atoms with E-state index < -0.39 is 6.10 Å². The number of hydrogen-bond acceptors (Lipinski definition) is 5. The zero-order valence-corrected chi connectivity index (χ0v) is 19.1. The molecule has 0 bridgehead atoms. The van der Waals surface area contributed by atoms with Crippen molar-refractivity contribution in [2.45, 2.75) is 12.7 Å². The number of rotatable bonds is 6. The van der Waals surface area contributed by atoms with Crippen LogP contribution in [0, 0.1) is 22.7 Å². The van der Waals surface area contributed by atoms with Gasteiger partial charge in [0.2, 0.25) is 0 Å². The Bertz CT molecular complexity index is 1580. The fourth-order valence-electron chi connectivity index (χ4n) is 4.19. The molecule has 1 atom stereocenters. The topological polar surface area (TPSA) is 87.5 Å². The van der Waals surface area contributed by atoms with Crippen molar-refractivity contribution in [2.24, 2.45) is 7.05 Å². The Kier molecular flexibility index (Phi) is 6.05. The third-order valence-electron chi connectivity index (χ3n) is 6.01. The Balaban J connectivity index is 1.58. The molecule has 168 valence electrons. The predicted octanol–water partition coefficient (Wildman–Crippen LogP) is 5.68. The Labute approximate surface area is 203 Å². The van der Waals surface area contributed by atoms with Crippen LogP contribution in [0.1, 0.15) is 34.1 Å². The molecular weight excluding hydrogens is 434 g/mol. The van der Waals surface area contributed by atoms with E-state index in [1.54, 1.807) is 30.9 Å². The van der Waals surface area contributed by atoms with E-state index in [9.17, 15) is 5.26 Å². The molecule has 0 saturated carbocycles. The molecule has 0 spiro atoms. The highest BCUT2D eigenvalue weighted by molar-refractivity contribution is 5.95. The zero-order chi connectivity index (χ0) is 24.2. The summed E-state index contributed by atoms with van der Waals surface area (Å²) in [6.07, 6.45) is 4.89. The van der Waals surface area contributed by atoms with E-state index in [1.807, 2.05) is 72.3 Å². The molecule has 0 radical (unpaired) electrons. The highest BCUT2D eigenvalue weighted by Gasteiger charge is 2.21. The van der Waals surface area contributed by atoms with Gasteiger partial charge < -0.3 is 9.30 Å². The summed E-state index contributed by atoms with van der Waals surface area (Å²) in [5.41, 5.74) is 6.50. The van der Waals surface area contributed by atoms with Gasteiger partial charge in [-0.05, 0) is 41.5 Å². The smallest absolute Gasteiger partial charge is 0.124 e. The van der Waals surface area contributed by atoms with E-state index in [2.05, 4.69) is 22.1 Å². The number of hydrogen-bond donors (Lipinski definition) is 0. The standard InChI is InChI=1S/C29H21N5O/c1-34-19-32-17-27(34)29(35-18-21-9-7-20(15-30)8-10-21)23-11-12-24(16-31)26(14-23)25-6-2-4-22-5-3-13-33-28(22)25/h2-14,17,19,29H,18H2,1H3. The van der Waals surface area contributed by atoms with Gasteiger partial charge in [0.25, 0.3) is 0 Å². The predicted molar refractivity (Wildman–Crippen MR) is 133 cm³/mol. The van der Waals surface area contributed by atoms with Gasteiger partial charge in [-0.2, -0.15) is 10.5 Å². The number of fused-ring (bicyclic) bond motifs is 1. The Morgan fingerprint density at radius 2 is 1.77 bits per heavy atom. The average molecular weight is 456 g/mol. The quantitative estimate of drug-likeness (QED) is 0.328. The molecular formula is C29H21N5O. The van der Waals surface area contributed by atoms with Gasteiger partial charge in [-0.1, -0.05) is 42.5 Å². The van der Waals surface area contributed by atoms with Crippen LogP contribution >= 0.6 is 0 Å². The highest BCUT2D eigenvalue weighted by atomic mass is 16.5. The number of benzene rings is 3. The lowest BCUT2D eigenvalue weighted by molar-refractivity contribution is 0.0622. The average Bonchev–Trinajstić information content (AvgIpc) is 3.34. The molecule has 0 fully saturated rings. The van der Waals surface area contributed by atoms with Gasteiger partial charge in [-0.25, -0.2) is 4.98 Å². The van der Waals surface area contributed by atoms with Crippen molar-refractivity contribution in [1.29, 1.82) is 10.5 Å². The van der Waals surface area contributed by atoms with Gasteiger partial charge in [-0.3, -0.25) is 4.98 Å². The van der Waals surface area contributed by atoms with Crippen LogP contribution in [-0.4, -0.2) is 14.5 Å². The monoisotopic (exact) mass is 455 g/mol. The SMILES string of the molecule is Cn1cncc1C(OCc1ccc(C#N)cc1)c1ccc(C#N)c(-c2cccc3cccnc23)c1. The number of aryl methyl sites for hydroxylation is 1. The van der Waals surface area contributed by atoms with Crippen molar-refractivity contribution in [3.63, 3.8) is 0 Å². The van der Waals surface area contributed by atoms with Crippen molar-refractivity contribution >= 4 is 10.9 Å². The first-order valence-corrected chi connectivity index (χ1v) is 11.1. The van der Waals surface area contributed by atoms with Crippen LogP contribution in [0.15, 0.2) is 91.5 Å². The van der Waals surface area contributed by atoms with E-state index >= 15 is 0 Å². The molecule has 1 unspecified atom stereocenters. The summed E-state index contributed by atoms with van der Waals surface area (Å²) in [5, 5.41) is 19.9. The van der Waals surface area contributed by atoms with Gasteiger partial charge in [0, 0.05) is 29.8 Å². The van der Waals surface area contributed by atoms with E-state index in [-0.39, 0.29) is 0 Å². The summed E-state index contributed by atoms with van der Waals surface area (Å²) >= 11 is 0. The Hall–Kier alpha value is -4.78. The molecule has 0 aliphatic carbocycles. The molecule has 5 aromatic rings. The third-order valence-corrected chi connectivity index (χ3v) is 6.01. The second-order valence-electron chi connectivity index (χ2n) is 8.23. The number of imidazole rings is 1. The lowest BCUT2D eigenvalue weighted by Crippen LogP contribution is -2.11. The number of ether oxygens (including phenoxy) is 1. The highest BCUT2D eigenvalue weighted by Crippen LogP contribution is 2.34. The molecule has 0 aliphatic heterocycles. The van der Waals surface area contributed by atoms with Crippen molar-refractivity contribution in [3.05, 3.63) is 119 Å². The minimum absolute atomic E-state index is 0.354. The van der Waals surface area contributed by atoms with Crippen LogP contribution in [0.2, 0.25) is 0 Å². The lowest BCUT2D eigenvalue weighted by atomic mass is 9.93. The van der Waals surface area contributed by atoms with E-state index in [4.69, 9.17) is 10.00 Å². The van der Waals surface area contributed by atoms with Gasteiger partial charge >= 0.3 is 0 Å². The molecule has 5 rings (SSSR count). The number of pyridine rings is 1. The number of aromatic nitrogens is 3.